The first-order valence-electron chi connectivity index (χ1n) is 10.7. The van der Waals surface area contributed by atoms with Gasteiger partial charge in [0.1, 0.15) is 18.8 Å². The maximum Gasteiger partial charge on any atom is 0.415 e. The van der Waals surface area contributed by atoms with Crippen LogP contribution < -0.4 is 4.90 Å². The summed E-state index contributed by atoms with van der Waals surface area (Å²) in [6, 6.07) is 24.0. The Morgan fingerprint density at radius 3 is 2.28 bits per heavy atom. The first kappa shape index (κ1) is 20.2. The number of carbonyl (C=O) groups is 1. The zero-order valence-electron chi connectivity index (χ0n) is 17.5. The van der Waals surface area contributed by atoms with Gasteiger partial charge in [0.15, 0.2) is 0 Å². The molecule has 0 saturated carbocycles. The van der Waals surface area contributed by atoms with E-state index >= 15 is 0 Å². The average Bonchev–Trinajstić information content (AvgIpc) is 3.17. The van der Waals surface area contributed by atoms with Crippen LogP contribution in [0, 0.1) is 0 Å². The molecule has 1 heterocycles. The fourth-order valence-electron chi connectivity index (χ4n) is 4.39. The van der Waals surface area contributed by atoms with E-state index in [9.17, 15) is 9.90 Å². The highest BCUT2D eigenvalue weighted by atomic mass is 16.6. The number of aliphatic hydroxyl groups excluding tert-OH is 1. The van der Waals surface area contributed by atoms with Crippen LogP contribution in [0.4, 0.5) is 10.6 Å². The smallest absolute Gasteiger partial charge is 0.415 e. The van der Waals surface area contributed by atoms with Crippen molar-refractivity contribution >= 4 is 22.8 Å². The molecule has 1 aliphatic rings. The van der Waals surface area contributed by atoms with Crippen LogP contribution in [0.15, 0.2) is 79.1 Å². The lowest BCUT2D eigenvalue weighted by Crippen LogP contribution is -2.34. The fraction of sp³-hybridized carbons (Fsp3) is 0.192. The molecule has 6 nitrogen and oxygen atoms in total. The number of rotatable bonds is 6. The van der Waals surface area contributed by atoms with E-state index in [0.717, 1.165) is 22.0 Å². The SMILES string of the molecule is O=C(OCC1c2ccccc2-c2ccccc21)N(CCCO)c1ncnc2ccccc12. The highest BCUT2D eigenvalue weighted by Gasteiger charge is 2.30. The number of fused-ring (bicyclic) bond motifs is 4. The van der Waals surface area contributed by atoms with Crippen molar-refractivity contribution in [3.63, 3.8) is 0 Å². The van der Waals surface area contributed by atoms with Gasteiger partial charge in [-0.25, -0.2) is 14.8 Å². The molecule has 0 bridgehead atoms. The number of nitrogens with zero attached hydrogens (tertiary/aromatic N) is 3. The minimum atomic E-state index is -0.482. The van der Waals surface area contributed by atoms with Gasteiger partial charge in [-0.3, -0.25) is 4.90 Å². The minimum absolute atomic E-state index is 0.0202. The molecule has 0 fully saturated rings. The molecular weight excluding hydrogens is 402 g/mol. The molecule has 1 amide bonds. The summed E-state index contributed by atoms with van der Waals surface area (Å²) in [7, 11) is 0. The van der Waals surface area contributed by atoms with Crippen molar-refractivity contribution in [2.45, 2.75) is 12.3 Å². The predicted octanol–water partition coefficient (Wildman–Crippen LogP) is 4.77. The van der Waals surface area contributed by atoms with Crippen LogP contribution in [0.5, 0.6) is 0 Å². The first-order valence-corrected chi connectivity index (χ1v) is 10.7. The highest BCUT2D eigenvalue weighted by molar-refractivity contribution is 5.98. The number of benzene rings is 3. The van der Waals surface area contributed by atoms with Gasteiger partial charge in [0.05, 0.1) is 5.52 Å². The zero-order chi connectivity index (χ0) is 21.9. The van der Waals surface area contributed by atoms with Crippen molar-refractivity contribution < 1.29 is 14.6 Å². The zero-order valence-corrected chi connectivity index (χ0v) is 17.5. The molecule has 0 aliphatic heterocycles. The van der Waals surface area contributed by atoms with Crippen LogP contribution in [0.2, 0.25) is 0 Å². The van der Waals surface area contributed by atoms with E-state index in [-0.39, 0.29) is 19.1 Å². The molecule has 0 saturated heterocycles. The van der Waals surface area contributed by atoms with Crippen molar-refractivity contribution in [3.8, 4) is 11.1 Å². The Hall–Kier alpha value is -3.77. The number of amides is 1. The third-order valence-electron chi connectivity index (χ3n) is 5.87. The molecule has 1 N–H and O–H groups in total. The van der Waals surface area contributed by atoms with Crippen LogP contribution in [-0.4, -0.2) is 40.9 Å². The van der Waals surface area contributed by atoms with Gasteiger partial charge in [-0.15, -0.1) is 0 Å². The third kappa shape index (κ3) is 3.59. The quantitative estimate of drug-likeness (QED) is 0.482. The second-order valence-corrected chi connectivity index (χ2v) is 7.75. The maximum atomic E-state index is 13.2. The van der Waals surface area contributed by atoms with Crippen molar-refractivity contribution in [2.24, 2.45) is 0 Å². The molecular formula is C26H23N3O3. The normalized spacial score (nSPS) is 12.4. The van der Waals surface area contributed by atoms with E-state index in [2.05, 4.69) is 34.2 Å². The third-order valence-corrected chi connectivity index (χ3v) is 5.87. The van der Waals surface area contributed by atoms with Crippen LogP contribution >= 0.6 is 0 Å². The lowest BCUT2D eigenvalue weighted by Gasteiger charge is -2.23. The molecule has 1 aromatic heterocycles. The number of carbonyl (C=O) groups excluding carboxylic acids is 1. The Kier molecular flexibility index (Phi) is 5.52. The van der Waals surface area contributed by atoms with Crippen LogP contribution in [-0.2, 0) is 4.74 Å². The van der Waals surface area contributed by atoms with Crippen LogP contribution in [0.3, 0.4) is 0 Å². The summed E-state index contributed by atoms with van der Waals surface area (Å²) in [4.78, 5) is 23.4. The summed E-state index contributed by atoms with van der Waals surface area (Å²) in [5.74, 6) is 0.467. The van der Waals surface area contributed by atoms with E-state index in [1.807, 2.05) is 48.5 Å². The predicted molar refractivity (Wildman–Crippen MR) is 124 cm³/mol. The molecule has 5 rings (SSSR count). The van der Waals surface area contributed by atoms with Crippen molar-refractivity contribution in [1.82, 2.24) is 9.97 Å². The lowest BCUT2D eigenvalue weighted by atomic mass is 9.98. The van der Waals surface area contributed by atoms with Crippen molar-refractivity contribution in [1.29, 1.82) is 0 Å². The molecule has 160 valence electrons. The standard InChI is InChI=1S/C26H23N3O3/c30-15-7-14-29(25-22-12-5-6-13-24(22)27-17-28-25)26(31)32-16-23-20-10-3-1-8-18(20)19-9-2-4-11-21(19)23/h1-6,8-13,17,23,30H,7,14-16H2. The molecule has 0 spiro atoms. The van der Waals surface area contributed by atoms with Crippen molar-refractivity contribution in [3.05, 3.63) is 90.3 Å². The van der Waals surface area contributed by atoms with Gasteiger partial charge in [-0.2, -0.15) is 0 Å². The number of hydrogen-bond donors (Lipinski definition) is 1. The number of para-hydroxylation sites is 1. The number of aliphatic hydroxyl groups is 1. The molecule has 0 radical (unpaired) electrons. The second-order valence-electron chi connectivity index (χ2n) is 7.75. The molecule has 4 aromatic rings. The van der Waals surface area contributed by atoms with Crippen molar-refractivity contribution in [2.75, 3.05) is 24.7 Å². The van der Waals surface area contributed by atoms with E-state index in [4.69, 9.17) is 4.74 Å². The summed E-state index contributed by atoms with van der Waals surface area (Å²) in [5, 5.41) is 10.1. The van der Waals surface area contributed by atoms with E-state index in [1.54, 1.807) is 0 Å². The molecule has 0 unspecified atom stereocenters. The highest BCUT2D eigenvalue weighted by Crippen LogP contribution is 2.44. The molecule has 1 aliphatic carbocycles. The molecule has 3 aromatic carbocycles. The number of aromatic nitrogens is 2. The van der Waals surface area contributed by atoms with Gasteiger partial charge in [0.2, 0.25) is 0 Å². The van der Waals surface area contributed by atoms with Gasteiger partial charge in [-0.1, -0.05) is 60.7 Å². The maximum absolute atomic E-state index is 13.2. The van der Waals surface area contributed by atoms with Gasteiger partial charge in [-0.05, 0) is 40.8 Å². The van der Waals surface area contributed by atoms with Crippen LogP contribution in [0.1, 0.15) is 23.5 Å². The molecule has 32 heavy (non-hydrogen) atoms. The fourth-order valence-corrected chi connectivity index (χ4v) is 4.39. The summed E-state index contributed by atoms with van der Waals surface area (Å²) in [5.41, 5.74) is 5.44. The lowest BCUT2D eigenvalue weighted by molar-refractivity contribution is 0.149. The summed E-state index contributed by atoms with van der Waals surface area (Å²) < 4.78 is 5.85. The van der Waals surface area contributed by atoms with Crippen LogP contribution in [0.25, 0.3) is 22.0 Å². The number of anilines is 1. The minimum Gasteiger partial charge on any atom is -0.448 e. The first-order chi connectivity index (χ1) is 15.8. The Labute approximate surface area is 186 Å². The largest absolute Gasteiger partial charge is 0.448 e. The summed E-state index contributed by atoms with van der Waals surface area (Å²) in [6.45, 7) is 0.496. The molecule has 0 atom stereocenters. The van der Waals surface area contributed by atoms with Gasteiger partial charge < -0.3 is 9.84 Å². The van der Waals surface area contributed by atoms with Gasteiger partial charge in [0.25, 0.3) is 0 Å². The Balaban J connectivity index is 1.43. The Morgan fingerprint density at radius 1 is 0.906 bits per heavy atom. The van der Waals surface area contributed by atoms with E-state index in [0.29, 0.717) is 18.8 Å². The Morgan fingerprint density at radius 2 is 1.56 bits per heavy atom. The summed E-state index contributed by atoms with van der Waals surface area (Å²) >= 11 is 0. The topological polar surface area (TPSA) is 75.5 Å². The van der Waals surface area contributed by atoms with Gasteiger partial charge >= 0.3 is 6.09 Å². The summed E-state index contributed by atoms with van der Waals surface area (Å²) in [6.07, 6.45) is 1.38. The average molecular weight is 425 g/mol. The molecule has 6 heteroatoms. The van der Waals surface area contributed by atoms with E-state index < -0.39 is 6.09 Å². The monoisotopic (exact) mass is 425 g/mol. The Bertz CT molecular complexity index is 1220. The number of ether oxygens (including phenoxy) is 1. The van der Waals surface area contributed by atoms with E-state index in [1.165, 1.54) is 22.4 Å². The van der Waals surface area contributed by atoms with Gasteiger partial charge in [0, 0.05) is 24.5 Å². The number of hydrogen-bond acceptors (Lipinski definition) is 5. The second kappa shape index (κ2) is 8.77.